The quantitative estimate of drug-likeness (QED) is 0.239. The van der Waals surface area contributed by atoms with Crippen molar-refractivity contribution in [2.45, 2.75) is 30.7 Å². The number of benzene rings is 3. The van der Waals surface area contributed by atoms with Gasteiger partial charge >= 0.3 is 0 Å². The third kappa shape index (κ3) is 6.21. The zero-order valence-corrected chi connectivity index (χ0v) is 22.6. The highest BCUT2D eigenvalue weighted by Gasteiger charge is 2.22. The molecule has 0 saturated heterocycles. The first kappa shape index (κ1) is 26.4. The molecule has 0 spiro atoms. The molecule has 1 atom stereocenters. The molecule has 1 aromatic heterocycles. The van der Waals surface area contributed by atoms with E-state index in [0.29, 0.717) is 33.7 Å². The lowest BCUT2D eigenvalue weighted by Crippen LogP contribution is -2.25. The molecule has 7 nitrogen and oxygen atoms in total. The van der Waals surface area contributed by atoms with E-state index in [9.17, 15) is 4.79 Å². The van der Waals surface area contributed by atoms with E-state index in [-0.39, 0.29) is 5.91 Å². The Morgan fingerprint density at radius 3 is 2.08 bits per heavy atom. The predicted molar refractivity (Wildman–Crippen MR) is 149 cm³/mol. The SMILES string of the molecule is CCC(Sc1nnc(-c2ccc(OC)cc2)c(-c2ccc(OC)cc2)n1)C(=O)Nc1cccc(Cl)c1C. The molecule has 0 radical (unpaired) electrons. The first-order valence-corrected chi connectivity index (χ1v) is 13.0. The maximum atomic E-state index is 13.1. The Balaban J connectivity index is 1.66. The minimum absolute atomic E-state index is 0.147. The molecule has 0 aliphatic heterocycles. The molecule has 190 valence electrons. The van der Waals surface area contributed by atoms with Crippen molar-refractivity contribution in [3.8, 4) is 34.0 Å². The first-order valence-electron chi connectivity index (χ1n) is 11.7. The number of hydrogen-bond donors (Lipinski definition) is 1. The number of methoxy groups -OCH3 is 2. The molecule has 4 rings (SSSR count). The molecule has 1 amide bonds. The topological polar surface area (TPSA) is 86.2 Å². The van der Waals surface area contributed by atoms with Crippen LogP contribution in [0.3, 0.4) is 0 Å². The molecule has 9 heteroatoms. The van der Waals surface area contributed by atoms with Crippen LogP contribution in [0, 0.1) is 6.92 Å². The van der Waals surface area contributed by atoms with Crippen LogP contribution < -0.4 is 14.8 Å². The maximum absolute atomic E-state index is 13.1. The highest BCUT2D eigenvalue weighted by molar-refractivity contribution is 8.00. The van der Waals surface area contributed by atoms with E-state index in [2.05, 4.69) is 15.5 Å². The number of halogens is 1. The minimum atomic E-state index is -0.421. The van der Waals surface area contributed by atoms with E-state index in [1.54, 1.807) is 20.3 Å². The van der Waals surface area contributed by atoms with Gasteiger partial charge in [0.1, 0.15) is 22.9 Å². The van der Waals surface area contributed by atoms with Crippen molar-refractivity contribution in [1.29, 1.82) is 0 Å². The summed E-state index contributed by atoms with van der Waals surface area (Å²) in [5.74, 6) is 1.34. The average Bonchev–Trinajstić information content (AvgIpc) is 2.94. The Kier molecular flexibility index (Phi) is 8.63. The number of thioether (sulfide) groups is 1. The van der Waals surface area contributed by atoms with Crippen LogP contribution in [0.4, 0.5) is 5.69 Å². The summed E-state index contributed by atoms with van der Waals surface area (Å²) in [6.07, 6.45) is 0.581. The molecular formula is C28H27ClN4O3S. The zero-order chi connectivity index (χ0) is 26.4. The molecular weight excluding hydrogens is 508 g/mol. The lowest BCUT2D eigenvalue weighted by molar-refractivity contribution is -0.115. The third-order valence-electron chi connectivity index (χ3n) is 5.83. The van der Waals surface area contributed by atoms with Gasteiger partial charge in [0.2, 0.25) is 11.1 Å². The van der Waals surface area contributed by atoms with Gasteiger partial charge in [-0.2, -0.15) is 0 Å². The molecule has 0 fully saturated rings. The Labute approximate surface area is 225 Å². The van der Waals surface area contributed by atoms with Gasteiger partial charge in [-0.25, -0.2) is 4.98 Å². The number of carbonyl (C=O) groups is 1. The standard InChI is InChI=1S/C28H27ClN4O3S/c1-5-24(27(34)30-23-8-6-7-22(29)17(23)2)37-28-31-25(18-9-13-20(35-3)14-10-18)26(32-33-28)19-11-15-21(36-4)16-12-19/h6-16,24H,5H2,1-4H3,(H,30,34). The van der Waals surface area contributed by atoms with Crippen LogP contribution in [0.2, 0.25) is 5.02 Å². The van der Waals surface area contributed by atoms with E-state index in [4.69, 9.17) is 26.1 Å². The zero-order valence-electron chi connectivity index (χ0n) is 21.0. The lowest BCUT2D eigenvalue weighted by atomic mass is 10.0. The highest BCUT2D eigenvalue weighted by atomic mass is 35.5. The van der Waals surface area contributed by atoms with Crippen LogP contribution in [0.5, 0.6) is 11.5 Å². The van der Waals surface area contributed by atoms with Gasteiger partial charge in [0.25, 0.3) is 0 Å². The van der Waals surface area contributed by atoms with Crippen molar-refractivity contribution in [3.05, 3.63) is 77.3 Å². The normalized spacial score (nSPS) is 11.6. The number of nitrogens with one attached hydrogen (secondary N) is 1. The van der Waals surface area contributed by atoms with Gasteiger partial charge in [-0.05, 0) is 79.6 Å². The van der Waals surface area contributed by atoms with Crippen molar-refractivity contribution < 1.29 is 14.3 Å². The number of aromatic nitrogens is 3. The van der Waals surface area contributed by atoms with Crippen LogP contribution in [0.25, 0.3) is 22.5 Å². The summed E-state index contributed by atoms with van der Waals surface area (Å²) in [6, 6.07) is 20.6. The van der Waals surface area contributed by atoms with Crippen LogP contribution in [0.1, 0.15) is 18.9 Å². The van der Waals surface area contributed by atoms with Crippen LogP contribution in [0.15, 0.2) is 71.9 Å². The summed E-state index contributed by atoms with van der Waals surface area (Å²) in [5.41, 5.74) is 4.50. The summed E-state index contributed by atoms with van der Waals surface area (Å²) in [6.45, 7) is 3.82. The van der Waals surface area contributed by atoms with Crippen molar-refractivity contribution in [2.75, 3.05) is 19.5 Å². The smallest absolute Gasteiger partial charge is 0.237 e. The maximum Gasteiger partial charge on any atom is 0.237 e. The molecule has 1 unspecified atom stereocenters. The summed E-state index contributed by atoms with van der Waals surface area (Å²) in [7, 11) is 3.25. The Morgan fingerprint density at radius 2 is 1.51 bits per heavy atom. The highest BCUT2D eigenvalue weighted by Crippen LogP contribution is 2.33. The second kappa shape index (κ2) is 12.1. The molecule has 0 aliphatic rings. The number of carbonyl (C=O) groups excluding carboxylic acids is 1. The summed E-state index contributed by atoms with van der Waals surface area (Å²) in [4.78, 5) is 18.0. The van der Waals surface area contributed by atoms with Gasteiger partial charge in [-0.15, -0.1) is 10.2 Å². The molecule has 1 heterocycles. The van der Waals surface area contributed by atoms with Gasteiger partial charge < -0.3 is 14.8 Å². The van der Waals surface area contributed by atoms with Gasteiger partial charge in [-0.1, -0.05) is 36.4 Å². The fourth-order valence-corrected chi connectivity index (χ4v) is 4.65. The number of nitrogens with zero attached hydrogens (tertiary/aromatic N) is 3. The van der Waals surface area contributed by atoms with E-state index >= 15 is 0 Å². The number of ether oxygens (including phenoxy) is 2. The Morgan fingerprint density at radius 1 is 0.919 bits per heavy atom. The van der Waals surface area contributed by atoms with Gasteiger partial charge in [0, 0.05) is 21.8 Å². The van der Waals surface area contributed by atoms with Gasteiger partial charge in [-0.3, -0.25) is 4.79 Å². The van der Waals surface area contributed by atoms with Crippen LogP contribution in [-0.2, 0) is 4.79 Å². The summed E-state index contributed by atoms with van der Waals surface area (Å²) < 4.78 is 10.6. The molecule has 1 N–H and O–H groups in total. The van der Waals surface area contributed by atoms with E-state index in [0.717, 1.165) is 28.2 Å². The Hall–Kier alpha value is -3.62. The summed E-state index contributed by atoms with van der Waals surface area (Å²) >= 11 is 7.50. The van der Waals surface area contributed by atoms with Crippen molar-refractivity contribution in [2.24, 2.45) is 0 Å². The number of hydrogen-bond acceptors (Lipinski definition) is 7. The van der Waals surface area contributed by atoms with Gasteiger partial charge in [0.05, 0.1) is 19.5 Å². The molecule has 0 bridgehead atoms. The first-order chi connectivity index (χ1) is 17.9. The largest absolute Gasteiger partial charge is 0.497 e. The summed E-state index contributed by atoms with van der Waals surface area (Å²) in [5, 5.41) is 12.5. The van der Waals surface area contributed by atoms with E-state index in [1.807, 2.05) is 74.5 Å². The van der Waals surface area contributed by atoms with Crippen LogP contribution in [-0.4, -0.2) is 40.6 Å². The number of anilines is 1. The molecule has 4 aromatic rings. The number of rotatable bonds is 9. The third-order valence-corrected chi connectivity index (χ3v) is 7.46. The lowest BCUT2D eigenvalue weighted by Gasteiger charge is -2.16. The molecule has 0 aliphatic carbocycles. The molecule has 37 heavy (non-hydrogen) atoms. The van der Waals surface area contributed by atoms with E-state index in [1.165, 1.54) is 11.8 Å². The fraction of sp³-hybridized carbons (Fsp3) is 0.214. The Bertz CT molecular complexity index is 1380. The molecule has 3 aromatic carbocycles. The van der Waals surface area contributed by atoms with Crippen molar-refractivity contribution >= 4 is 35.0 Å². The van der Waals surface area contributed by atoms with E-state index < -0.39 is 5.25 Å². The second-order valence-corrected chi connectivity index (χ2v) is 9.74. The fourth-order valence-electron chi connectivity index (χ4n) is 3.66. The second-order valence-electron chi connectivity index (χ2n) is 8.16. The monoisotopic (exact) mass is 534 g/mol. The predicted octanol–water partition coefficient (Wildman–Crippen LogP) is 6.69. The molecule has 0 saturated carbocycles. The van der Waals surface area contributed by atoms with Crippen molar-refractivity contribution in [3.63, 3.8) is 0 Å². The average molecular weight is 535 g/mol. The van der Waals surface area contributed by atoms with Gasteiger partial charge in [0.15, 0.2) is 0 Å². The van der Waals surface area contributed by atoms with Crippen LogP contribution >= 0.6 is 23.4 Å². The number of amides is 1. The minimum Gasteiger partial charge on any atom is -0.497 e. The van der Waals surface area contributed by atoms with Crippen molar-refractivity contribution in [1.82, 2.24) is 15.2 Å².